The molecule has 0 aliphatic rings. The Kier molecular flexibility index (Phi) is 4.72. The molecule has 0 bridgehead atoms. The lowest BCUT2D eigenvalue weighted by Gasteiger charge is -2.26. The summed E-state index contributed by atoms with van der Waals surface area (Å²) in [5.41, 5.74) is 6.82. The SMILES string of the molecule is CCCN(C)C(CN)c1ccc(F)cc1. The number of nitrogens with zero attached hydrogens (tertiary/aromatic N) is 1. The third-order valence-electron chi connectivity index (χ3n) is 2.59. The molecule has 1 unspecified atom stereocenters. The predicted octanol–water partition coefficient (Wildman–Crippen LogP) is 2.17. The largest absolute Gasteiger partial charge is 0.329 e. The van der Waals surface area contributed by atoms with Crippen molar-refractivity contribution in [2.24, 2.45) is 5.73 Å². The van der Waals surface area contributed by atoms with Crippen molar-refractivity contribution in [2.75, 3.05) is 20.1 Å². The van der Waals surface area contributed by atoms with Gasteiger partial charge in [-0.15, -0.1) is 0 Å². The first-order valence-electron chi connectivity index (χ1n) is 5.34. The summed E-state index contributed by atoms with van der Waals surface area (Å²) >= 11 is 0. The highest BCUT2D eigenvalue weighted by atomic mass is 19.1. The van der Waals surface area contributed by atoms with Crippen LogP contribution in [0, 0.1) is 5.82 Å². The van der Waals surface area contributed by atoms with Crippen LogP contribution in [0.1, 0.15) is 24.9 Å². The summed E-state index contributed by atoms with van der Waals surface area (Å²) in [6, 6.07) is 6.76. The van der Waals surface area contributed by atoms with Crippen LogP contribution in [0.15, 0.2) is 24.3 Å². The van der Waals surface area contributed by atoms with E-state index in [9.17, 15) is 4.39 Å². The van der Waals surface area contributed by atoms with Crippen molar-refractivity contribution in [2.45, 2.75) is 19.4 Å². The van der Waals surface area contributed by atoms with Gasteiger partial charge in [0.1, 0.15) is 5.82 Å². The van der Waals surface area contributed by atoms with Crippen molar-refractivity contribution in [1.82, 2.24) is 4.90 Å². The maximum absolute atomic E-state index is 12.8. The van der Waals surface area contributed by atoms with Gasteiger partial charge in [-0.1, -0.05) is 19.1 Å². The molecule has 0 spiro atoms. The minimum atomic E-state index is -0.201. The molecule has 1 rings (SSSR count). The normalized spacial score (nSPS) is 13.1. The molecule has 0 aromatic heterocycles. The molecule has 15 heavy (non-hydrogen) atoms. The van der Waals surface area contributed by atoms with Crippen LogP contribution in [0.2, 0.25) is 0 Å². The second-order valence-electron chi connectivity index (χ2n) is 3.78. The second-order valence-corrected chi connectivity index (χ2v) is 3.78. The van der Waals surface area contributed by atoms with Crippen LogP contribution in [0.4, 0.5) is 4.39 Å². The molecule has 2 N–H and O–H groups in total. The molecule has 3 heteroatoms. The summed E-state index contributed by atoms with van der Waals surface area (Å²) in [6.07, 6.45) is 1.09. The van der Waals surface area contributed by atoms with Crippen LogP contribution in [0.5, 0.6) is 0 Å². The molecule has 84 valence electrons. The Bertz CT molecular complexity index is 284. The molecule has 0 aliphatic carbocycles. The number of hydrogen-bond donors (Lipinski definition) is 1. The number of halogens is 1. The third kappa shape index (κ3) is 3.29. The zero-order valence-electron chi connectivity index (χ0n) is 9.41. The number of hydrogen-bond acceptors (Lipinski definition) is 2. The smallest absolute Gasteiger partial charge is 0.123 e. The van der Waals surface area contributed by atoms with Crippen LogP contribution in [0.3, 0.4) is 0 Å². The fourth-order valence-corrected chi connectivity index (χ4v) is 1.76. The van der Waals surface area contributed by atoms with Gasteiger partial charge in [-0.05, 0) is 37.7 Å². The summed E-state index contributed by atoms with van der Waals surface area (Å²) in [4.78, 5) is 2.20. The number of benzene rings is 1. The Labute approximate surface area is 90.9 Å². The highest BCUT2D eigenvalue weighted by molar-refractivity contribution is 5.20. The molecular weight excluding hydrogens is 191 g/mol. The monoisotopic (exact) mass is 210 g/mol. The summed E-state index contributed by atoms with van der Waals surface area (Å²) < 4.78 is 12.8. The van der Waals surface area contributed by atoms with Crippen LogP contribution in [0.25, 0.3) is 0 Å². The van der Waals surface area contributed by atoms with E-state index in [1.54, 1.807) is 12.1 Å². The van der Waals surface area contributed by atoms with Crippen LogP contribution >= 0.6 is 0 Å². The average molecular weight is 210 g/mol. The topological polar surface area (TPSA) is 29.3 Å². The van der Waals surface area contributed by atoms with E-state index >= 15 is 0 Å². The lowest BCUT2D eigenvalue weighted by Crippen LogP contribution is -2.31. The summed E-state index contributed by atoms with van der Waals surface area (Å²) in [5.74, 6) is -0.201. The van der Waals surface area contributed by atoms with Crippen molar-refractivity contribution >= 4 is 0 Å². The van der Waals surface area contributed by atoms with Crippen LogP contribution < -0.4 is 5.73 Å². The highest BCUT2D eigenvalue weighted by Crippen LogP contribution is 2.18. The molecule has 2 nitrogen and oxygen atoms in total. The molecule has 0 heterocycles. The van der Waals surface area contributed by atoms with Gasteiger partial charge in [0.25, 0.3) is 0 Å². The quantitative estimate of drug-likeness (QED) is 0.807. The van der Waals surface area contributed by atoms with Gasteiger partial charge in [0.15, 0.2) is 0 Å². The lowest BCUT2D eigenvalue weighted by molar-refractivity contribution is 0.250. The van der Waals surface area contributed by atoms with Crippen molar-refractivity contribution in [3.63, 3.8) is 0 Å². The van der Waals surface area contributed by atoms with Gasteiger partial charge in [-0.3, -0.25) is 4.90 Å². The summed E-state index contributed by atoms with van der Waals surface area (Å²) in [5, 5.41) is 0. The number of likely N-dealkylation sites (N-methyl/N-ethyl adjacent to an activating group) is 1. The molecular formula is C12H19FN2. The maximum atomic E-state index is 12.8. The predicted molar refractivity (Wildman–Crippen MR) is 61.1 cm³/mol. The van der Waals surface area contributed by atoms with E-state index in [0.29, 0.717) is 6.54 Å². The van der Waals surface area contributed by atoms with Gasteiger partial charge < -0.3 is 5.73 Å². The molecule has 1 aromatic rings. The van der Waals surface area contributed by atoms with E-state index in [0.717, 1.165) is 18.5 Å². The molecule has 0 amide bonds. The van der Waals surface area contributed by atoms with Crippen molar-refractivity contribution in [1.29, 1.82) is 0 Å². The Balaban J connectivity index is 2.77. The van der Waals surface area contributed by atoms with Crippen molar-refractivity contribution in [3.05, 3.63) is 35.6 Å². The number of nitrogens with two attached hydrogens (primary N) is 1. The van der Waals surface area contributed by atoms with Crippen molar-refractivity contribution in [3.8, 4) is 0 Å². The molecule has 0 radical (unpaired) electrons. The Morgan fingerprint density at radius 3 is 2.40 bits per heavy atom. The van der Waals surface area contributed by atoms with E-state index in [4.69, 9.17) is 5.73 Å². The first kappa shape index (κ1) is 12.1. The summed E-state index contributed by atoms with van der Waals surface area (Å²) in [6.45, 7) is 3.69. The molecule has 1 aromatic carbocycles. The fraction of sp³-hybridized carbons (Fsp3) is 0.500. The Hall–Kier alpha value is -0.930. The molecule has 1 atom stereocenters. The van der Waals surface area contributed by atoms with Gasteiger partial charge in [0, 0.05) is 12.6 Å². The lowest BCUT2D eigenvalue weighted by atomic mass is 10.1. The Morgan fingerprint density at radius 2 is 1.93 bits per heavy atom. The van der Waals surface area contributed by atoms with E-state index in [1.807, 2.05) is 7.05 Å². The molecule has 0 saturated heterocycles. The number of rotatable bonds is 5. The standard InChI is InChI=1S/C12H19FN2/c1-3-8-15(2)12(9-14)10-4-6-11(13)7-5-10/h4-7,12H,3,8-9,14H2,1-2H3. The van der Waals surface area contributed by atoms with Crippen LogP contribution in [-0.2, 0) is 0 Å². The van der Waals surface area contributed by atoms with E-state index in [1.165, 1.54) is 12.1 Å². The average Bonchev–Trinajstić information content (AvgIpc) is 2.22. The minimum Gasteiger partial charge on any atom is -0.329 e. The second kappa shape index (κ2) is 5.83. The van der Waals surface area contributed by atoms with Crippen LogP contribution in [-0.4, -0.2) is 25.0 Å². The zero-order valence-corrected chi connectivity index (χ0v) is 9.41. The molecule has 0 saturated carbocycles. The Morgan fingerprint density at radius 1 is 1.33 bits per heavy atom. The minimum absolute atomic E-state index is 0.186. The molecule has 0 aliphatic heterocycles. The van der Waals surface area contributed by atoms with Crippen molar-refractivity contribution < 1.29 is 4.39 Å². The maximum Gasteiger partial charge on any atom is 0.123 e. The third-order valence-corrected chi connectivity index (χ3v) is 2.59. The highest BCUT2D eigenvalue weighted by Gasteiger charge is 2.14. The van der Waals surface area contributed by atoms with E-state index in [-0.39, 0.29) is 11.9 Å². The first-order chi connectivity index (χ1) is 7.19. The first-order valence-corrected chi connectivity index (χ1v) is 5.34. The van der Waals surface area contributed by atoms with Gasteiger partial charge in [-0.25, -0.2) is 4.39 Å². The van der Waals surface area contributed by atoms with E-state index in [2.05, 4.69) is 11.8 Å². The van der Waals surface area contributed by atoms with Gasteiger partial charge in [0.2, 0.25) is 0 Å². The fourth-order valence-electron chi connectivity index (χ4n) is 1.76. The van der Waals surface area contributed by atoms with Gasteiger partial charge in [-0.2, -0.15) is 0 Å². The van der Waals surface area contributed by atoms with Gasteiger partial charge in [0.05, 0.1) is 0 Å². The zero-order chi connectivity index (χ0) is 11.3. The van der Waals surface area contributed by atoms with Gasteiger partial charge >= 0.3 is 0 Å². The summed E-state index contributed by atoms with van der Waals surface area (Å²) in [7, 11) is 2.05. The van der Waals surface area contributed by atoms with E-state index < -0.39 is 0 Å². The molecule has 0 fully saturated rings.